The molecule has 1 aromatic heterocycles. The normalized spacial score (nSPS) is 15.7. The minimum atomic E-state index is -4.62. The highest BCUT2D eigenvalue weighted by atomic mass is 19.4. The van der Waals surface area contributed by atoms with Crippen molar-refractivity contribution in [2.24, 2.45) is 5.92 Å². The van der Waals surface area contributed by atoms with Crippen molar-refractivity contribution >= 4 is 11.9 Å². The molecule has 1 atom stereocenters. The molecular formula is C28H39F3N4O3. The van der Waals surface area contributed by atoms with Crippen LogP contribution in [-0.4, -0.2) is 48.5 Å². The van der Waals surface area contributed by atoms with E-state index in [-0.39, 0.29) is 24.3 Å². The van der Waals surface area contributed by atoms with Gasteiger partial charge in [0, 0.05) is 12.2 Å². The zero-order valence-corrected chi connectivity index (χ0v) is 22.7. The fourth-order valence-corrected chi connectivity index (χ4v) is 4.32. The topological polar surface area (TPSA) is 84.5 Å². The third-order valence-corrected chi connectivity index (χ3v) is 5.99. The Bertz CT molecular complexity index is 1060. The van der Waals surface area contributed by atoms with E-state index in [9.17, 15) is 18.0 Å². The van der Waals surface area contributed by atoms with Crippen LogP contribution in [0.3, 0.4) is 0 Å². The zero-order chi connectivity index (χ0) is 27.9. The molecule has 0 bridgehead atoms. The minimum absolute atomic E-state index is 0.126. The Balaban J connectivity index is 1.77. The monoisotopic (exact) mass is 536 g/mol. The van der Waals surface area contributed by atoms with E-state index >= 15 is 0 Å². The van der Waals surface area contributed by atoms with Gasteiger partial charge in [0.25, 0.3) is 0 Å². The summed E-state index contributed by atoms with van der Waals surface area (Å²) < 4.78 is 53.1. The van der Waals surface area contributed by atoms with Crippen LogP contribution in [0.1, 0.15) is 59.4 Å². The summed E-state index contributed by atoms with van der Waals surface area (Å²) >= 11 is 0. The molecule has 0 saturated carbocycles. The van der Waals surface area contributed by atoms with Gasteiger partial charge in [-0.1, -0.05) is 19.9 Å². The first-order valence-corrected chi connectivity index (χ1v) is 13.1. The van der Waals surface area contributed by atoms with Crippen LogP contribution in [0.15, 0.2) is 36.5 Å². The largest absolute Gasteiger partial charge is 0.491 e. The standard InChI is InChI=1S/C28H39F3N4O3/c1-18(2)14-22(35-26(36)38-27(3,4)5)17-37-24-7-6-19(15-23(24)28(29,30)31)20-8-13-33-25(16-20)34-21-9-11-32-12-10-21/h6-8,13,15-16,18,21-22,32H,9-12,14,17H2,1-5H3,(H,33,34)(H,35,36)/t22-/m0/s1. The third-order valence-electron chi connectivity index (χ3n) is 5.99. The smallest absolute Gasteiger partial charge is 0.419 e. The second-order valence-electron chi connectivity index (χ2n) is 11.1. The van der Waals surface area contributed by atoms with Crippen LogP contribution in [0.25, 0.3) is 11.1 Å². The van der Waals surface area contributed by atoms with E-state index in [0.29, 0.717) is 23.4 Å². The van der Waals surface area contributed by atoms with Crippen molar-refractivity contribution in [1.82, 2.24) is 15.6 Å². The molecule has 0 radical (unpaired) electrons. The molecule has 38 heavy (non-hydrogen) atoms. The van der Waals surface area contributed by atoms with E-state index in [1.807, 2.05) is 13.8 Å². The lowest BCUT2D eigenvalue weighted by atomic mass is 10.0. The number of nitrogens with one attached hydrogen (secondary N) is 3. The van der Waals surface area contributed by atoms with Crippen LogP contribution in [0.5, 0.6) is 5.75 Å². The average molecular weight is 537 g/mol. The number of ether oxygens (including phenoxy) is 2. The van der Waals surface area contributed by atoms with Crippen LogP contribution in [0.4, 0.5) is 23.8 Å². The Morgan fingerprint density at radius 1 is 1.11 bits per heavy atom. The molecule has 2 heterocycles. The van der Waals surface area contributed by atoms with Gasteiger partial charge in [-0.25, -0.2) is 9.78 Å². The number of benzene rings is 1. The highest BCUT2D eigenvalue weighted by Gasteiger charge is 2.35. The molecule has 3 N–H and O–H groups in total. The van der Waals surface area contributed by atoms with Gasteiger partial charge in [0.15, 0.2) is 0 Å². The number of carbonyl (C=O) groups excluding carboxylic acids is 1. The maximum atomic E-state index is 14.1. The summed E-state index contributed by atoms with van der Waals surface area (Å²) in [6.45, 7) is 10.9. The molecule has 1 fully saturated rings. The first-order valence-electron chi connectivity index (χ1n) is 13.1. The van der Waals surface area contributed by atoms with Gasteiger partial charge in [0.2, 0.25) is 0 Å². The molecular weight excluding hydrogens is 497 g/mol. The molecule has 1 saturated heterocycles. The van der Waals surface area contributed by atoms with Gasteiger partial charge >= 0.3 is 12.3 Å². The fraction of sp³-hybridized carbons (Fsp3) is 0.571. The van der Waals surface area contributed by atoms with Crippen LogP contribution < -0.4 is 20.7 Å². The number of anilines is 1. The van der Waals surface area contributed by atoms with Crippen molar-refractivity contribution in [3.05, 3.63) is 42.1 Å². The number of carbonyl (C=O) groups is 1. The van der Waals surface area contributed by atoms with Gasteiger partial charge in [-0.3, -0.25) is 0 Å². The number of alkyl halides is 3. The number of rotatable bonds is 9. The number of alkyl carbamates (subject to hydrolysis) is 1. The van der Waals surface area contributed by atoms with Crippen LogP contribution in [-0.2, 0) is 10.9 Å². The SMILES string of the molecule is CC(C)C[C@@H](COc1ccc(-c2ccnc(NC3CCNCC3)c2)cc1C(F)(F)F)NC(=O)OC(C)(C)C. The van der Waals surface area contributed by atoms with Crippen LogP contribution >= 0.6 is 0 Å². The summed E-state index contributed by atoms with van der Waals surface area (Å²) in [5.74, 6) is 0.526. The number of amides is 1. The molecule has 1 aliphatic heterocycles. The molecule has 10 heteroatoms. The summed E-state index contributed by atoms with van der Waals surface area (Å²) in [6, 6.07) is 7.24. The molecule has 0 spiro atoms. The van der Waals surface area contributed by atoms with Crippen molar-refractivity contribution in [2.45, 2.75) is 77.7 Å². The van der Waals surface area contributed by atoms with E-state index in [2.05, 4.69) is 20.9 Å². The Morgan fingerprint density at radius 3 is 2.42 bits per heavy atom. The Morgan fingerprint density at radius 2 is 1.79 bits per heavy atom. The van der Waals surface area contributed by atoms with Crippen LogP contribution in [0, 0.1) is 5.92 Å². The van der Waals surface area contributed by atoms with Gasteiger partial charge in [-0.15, -0.1) is 0 Å². The molecule has 0 unspecified atom stereocenters. The summed E-state index contributed by atoms with van der Waals surface area (Å²) in [5.41, 5.74) is -0.535. The summed E-state index contributed by atoms with van der Waals surface area (Å²) in [5, 5.41) is 9.41. The minimum Gasteiger partial charge on any atom is -0.491 e. The number of halogens is 3. The first-order chi connectivity index (χ1) is 17.8. The zero-order valence-electron chi connectivity index (χ0n) is 22.7. The summed E-state index contributed by atoms with van der Waals surface area (Å²) in [6.07, 6.45) is -1.24. The Kier molecular flexibility index (Phi) is 9.87. The maximum Gasteiger partial charge on any atom is 0.419 e. The second-order valence-corrected chi connectivity index (χ2v) is 11.1. The third kappa shape index (κ3) is 9.38. The number of hydrogen-bond acceptors (Lipinski definition) is 6. The molecule has 0 aliphatic carbocycles. The van der Waals surface area contributed by atoms with E-state index in [1.54, 1.807) is 45.2 Å². The van der Waals surface area contributed by atoms with E-state index < -0.39 is 29.5 Å². The average Bonchev–Trinajstić information content (AvgIpc) is 2.81. The lowest BCUT2D eigenvalue weighted by Crippen LogP contribution is -2.42. The summed E-state index contributed by atoms with van der Waals surface area (Å²) in [7, 11) is 0. The van der Waals surface area contributed by atoms with Crippen LogP contribution in [0.2, 0.25) is 0 Å². The number of nitrogens with zero attached hydrogens (tertiary/aromatic N) is 1. The fourth-order valence-electron chi connectivity index (χ4n) is 4.32. The number of piperidine rings is 1. The predicted molar refractivity (Wildman–Crippen MR) is 142 cm³/mol. The lowest BCUT2D eigenvalue weighted by molar-refractivity contribution is -0.139. The number of aromatic nitrogens is 1. The van der Waals surface area contributed by atoms with Gasteiger partial charge in [0.05, 0.1) is 11.6 Å². The summed E-state index contributed by atoms with van der Waals surface area (Å²) in [4.78, 5) is 16.6. The Hall–Kier alpha value is -3.01. The van der Waals surface area contributed by atoms with Crippen molar-refractivity contribution in [2.75, 3.05) is 25.0 Å². The number of pyridine rings is 1. The van der Waals surface area contributed by atoms with Gasteiger partial charge < -0.3 is 25.4 Å². The molecule has 7 nitrogen and oxygen atoms in total. The van der Waals surface area contributed by atoms with Gasteiger partial charge in [0.1, 0.15) is 23.8 Å². The molecule has 1 aromatic carbocycles. The molecule has 1 aliphatic rings. The van der Waals surface area contributed by atoms with Crippen molar-refractivity contribution in [3.63, 3.8) is 0 Å². The molecule has 210 valence electrons. The van der Waals surface area contributed by atoms with Crippen molar-refractivity contribution in [3.8, 4) is 16.9 Å². The van der Waals surface area contributed by atoms with Gasteiger partial charge in [-0.2, -0.15) is 13.2 Å². The first kappa shape index (κ1) is 29.5. The predicted octanol–water partition coefficient (Wildman–Crippen LogP) is 6.25. The Labute approximate surface area is 222 Å². The van der Waals surface area contributed by atoms with Gasteiger partial charge in [-0.05, 0) is 94.4 Å². The highest BCUT2D eigenvalue weighted by Crippen LogP contribution is 2.39. The number of hydrogen-bond donors (Lipinski definition) is 3. The second kappa shape index (κ2) is 12.7. The van der Waals surface area contributed by atoms with E-state index in [4.69, 9.17) is 9.47 Å². The van der Waals surface area contributed by atoms with E-state index in [0.717, 1.165) is 32.0 Å². The molecule has 1 amide bonds. The lowest BCUT2D eigenvalue weighted by Gasteiger charge is -2.25. The van der Waals surface area contributed by atoms with Crippen molar-refractivity contribution < 1.29 is 27.4 Å². The molecule has 2 aromatic rings. The quantitative estimate of drug-likeness (QED) is 0.351. The molecule has 3 rings (SSSR count). The van der Waals surface area contributed by atoms with E-state index in [1.165, 1.54) is 6.07 Å². The maximum absolute atomic E-state index is 14.1. The highest BCUT2D eigenvalue weighted by molar-refractivity contribution is 5.69. The van der Waals surface area contributed by atoms with Crippen molar-refractivity contribution in [1.29, 1.82) is 0 Å².